The van der Waals surface area contributed by atoms with Crippen LogP contribution in [0.25, 0.3) is 0 Å². The van der Waals surface area contributed by atoms with E-state index in [0.29, 0.717) is 5.56 Å². The number of rotatable bonds is 5. The molecule has 0 aliphatic carbocycles. The molecule has 0 aliphatic heterocycles. The second-order valence-electron chi connectivity index (χ2n) is 5.55. The summed E-state index contributed by atoms with van der Waals surface area (Å²) in [4.78, 5) is 13.3. The molecule has 0 fully saturated rings. The topological polar surface area (TPSA) is 58.4 Å². The zero-order valence-corrected chi connectivity index (χ0v) is 13.3. The van der Waals surface area contributed by atoms with Crippen LogP contribution in [0.1, 0.15) is 29.3 Å². The van der Waals surface area contributed by atoms with E-state index < -0.39 is 23.9 Å². The van der Waals surface area contributed by atoms with Crippen LogP contribution in [0.2, 0.25) is 0 Å². The highest BCUT2D eigenvalue weighted by Gasteiger charge is 2.37. The number of alkyl halides is 3. The van der Waals surface area contributed by atoms with Crippen LogP contribution >= 0.6 is 0 Å². The number of aliphatic hydroxyl groups excluding tert-OH is 1. The highest BCUT2D eigenvalue weighted by atomic mass is 19.4. The largest absolute Gasteiger partial charge is 0.435 e. The lowest BCUT2D eigenvalue weighted by Gasteiger charge is -2.19. The monoisotopic (exact) mass is 341 g/mol. The van der Waals surface area contributed by atoms with Crippen LogP contribution in [-0.2, 0) is 24.6 Å². The van der Waals surface area contributed by atoms with Gasteiger partial charge in [-0.3, -0.25) is 9.48 Å². The molecule has 0 bridgehead atoms. The van der Waals surface area contributed by atoms with Gasteiger partial charge in [0.2, 0.25) is 5.91 Å². The van der Waals surface area contributed by atoms with Gasteiger partial charge in [0.25, 0.3) is 0 Å². The van der Waals surface area contributed by atoms with Crippen LogP contribution in [0.5, 0.6) is 0 Å². The number of nitrogens with zero attached hydrogens (tertiary/aromatic N) is 3. The second kappa shape index (κ2) is 7.04. The first-order valence-electron chi connectivity index (χ1n) is 7.25. The number of carbonyl (C=O) groups is 1. The van der Waals surface area contributed by atoms with Gasteiger partial charge in [0, 0.05) is 32.4 Å². The number of aromatic nitrogens is 2. The van der Waals surface area contributed by atoms with Gasteiger partial charge in [0.15, 0.2) is 5.69 Å². The van der Waals surface area contributed by atoms with E-state index in [1.54, 1.807) is 30.3 Å². The number of hydrogen-bond donors (Lipinski definition) is 1. The van der Waals surface area contributed by atoms with E-state index >= 15 is 0 Å². The number of halogens is 3. The predicted molar refractivity (Wildman–Crippen MR) is 80.7 cm³/mol. The van der Waals surface area contributed by atoms with Crippen LogP contribution in [-0.4, -0.2) is 32.7 Å². The molecule has 0 aliphatic rings. The van der Waals surface area contributed by atoms with Crippen molar-refractivity contribution in [2.45, 2.75) is 25.2 Å². The Hall–Kier alpha value is -2.35. The third-order valence-corrected chi connectivity index (χ3v) is 3.56. The van der Waals surface area contributed by atoms with Crippen molar-refractivity contribution in [1.82, 2.24) is 14.7 Å². The van der Waals surface area contributed by atoms with E-state index in [2.05, 4.69) is 5.10 Å². The molecule has 1 N–H and O–H groups in total. The van der Waals surface area contributed by atoms with Crippen LogP contribution in [0, 0.1) is 0 Å². The van der Waals surface area contributed by atoms with E-state index in [1.165, 1.54) is 20.3 Å². The lowest BCUT2D eigenvalue weighted by molar-refractivity contribution is -0.143. The normalized spacial score (nSPS) is 12.9. The third-order valence-electron chi connectivity index (χ3n) is 3.56. The van der Waals surface area contributed by atoms with E-state index in [9.17, 15) is 23.1 Å². The number of aryl methyl sites for hydroxylation is 1. The Balaban J connectivity index is 2.05. The third kappa shape index (κ3) is 4.35. The van der Waals surface area contributed by atoms with Crippen molar-refractivity contribution in [2.24, 2.45) is 7.05 Å². The molecule has 130 valence electrons. The van der Waals surface area contributed by atoms with E-state index in [1.807, 2.05) is 0 Å². The number of benzene rings is 1. The Morgan fingerprint density at radius 2 is 1.96 bits per heavy atom. The van der Waals surface area contributed by atoms with E-state index in [4.69, 9.17) is 0 Å². The number of aliphatic hydroxyl groups is 1. The smallest absolute Gasteiger partial charge is 0.388 e. The molecule has 8 heteroatoms. The Bertz CT molecular complexity index is 698. The van der Waals surface area contributed by atoms with Gasteiger partial charge in [-0.25, -0.2) is 0 Å². The molecule has 1 aromatic heterocycles. The van der Waals surface area contributed by atoms with Crippen LogP contribution in [0.3, 0.4) is 0 Å². The molecule has 5 nitrogen and oxygen atoms in total. The molecular weight excluding hydrogens is 323 g/mol. The number of hydrogen-bond acceptors (Lipinski definition) is 3. The van der Waals surface area contributed by atoms with Gasteiger partial charge in [-0.2, -0.15) is 18.3 Å². The average Bonchev–Trinajstić information content (AvgIpc) is 2.88. The molecule has 1 unspecified atom stereocenters. The lowest BCUT2D eigenvalue weighted by atomic mass is 10.1. The van der Waals surface area contributed by atoms with Crippen molar-refractivity contribution in [1.29, 1.82) is 0 Å². The molecule has 24 heavy (non-hydrogen) atoms. The lowest BCUT2D eigenvalue weighted by Crippen LogP contribution is -2.28. The fourth-order valence-corrected chi connectivity index (χ4v) is 2.35. The Kier molecular flexibility index (Phi) is 5.28. The SMILES string of the molecule is CN(Cc1cn(C)nc1C(F)(F)F)C(=O)CC(O)c1ccccc1. The standard InChI is InChI=1S/C16H18F3N3O2/c1-21(9-12-10-22(2)20-15(12)16(17,18)19)14(24)8-13(23)11-6-4-3-5-7-11/h3-7,10,13,23H,8-9H2,1-2H3. The molecule has 0 spiro atoms. The highest BCUT2D eigenvalue weighted by molar-refractivity contribution is 5.76. The first-order chi connectivity index (χ1) is 11.2. The average molecular weight is 341 g/mol. The summed E-state index contributed by atoms with van der Waals surface area (Å²) in [7, 11) is 2.78. The van der Waals surface area contributed by atoms with Crippen molar-refractivity contribution in [3.05, 3.63) is 53.3 Å². The zero-order valence-electron chi connectivity index (χ0n) is 13.3. The quantitative estimate of drug-likeness (QED) is 0.909. The molecule has 1 aromatic carbocycles. The Morgan fingerprint density at radius 3 is 2.54 bits per heavy atom. The first kappa shape index (κ1) is 18.0. The number of amides is 1. The van der Waals surface area contributed by atoms with Crippen molar-refractivity contribution in [2.75, 3.05) is 7.05 Å². The van der Waals surface area contributed by atoms with Gasteiger partial charge in [-0.1, -0.05) is 30.3 Å². The molecule has 0 saturated heterocycles. The summed E-state index contributed by atoms with van der Waals surface area (Å²) in [6, 6.07) is 8.61. The molecule has 1 atom stereocenters. The summed E-state index contributed by atoms with van der Waals surface area (Å²) in [6.07, 6.45) is -4.55. The minimum atomic E-state index is -4.58. The zero-order chi connectivity index (χ0) is 17.9. The Morgan fingerprint density at radius 1 is 1.33 bits per heavy atom. The minimum absolute atomic E-state index is 0.0879. The summed E-state index contributed by atoms with van der Waals surface area (Å²) in [5.74, 6) is -0.455. The first-order valence-corrected chi connectivity index (χ1v) is 7.25. The molecule has 0 saturated carbocycles. The molecule has 2 aromatic rings. The van der Waals surface area contributed by atoms with Gasteiger partial charge in [0.05, 0.1) is 12.5 Å². The molecule has 1 amide bonds. The van der Waals surface area contributed by atoms with Crippen LogP contribution in [0.15, 0.2) is 36.5 Å². The van der Waals surface area contributed by atoms with Crippen molar-refractivity contribution in [3.63, 3.8) is 0 Å². The van der Waals surface area contributed by atoms with Gasteiger partial charge >= 0.3 is 6.18 Å². The fraction of sp³-hybridized carbons (Fsp3) is 0.375. The van der Waals surface area contributed by atoms with E-state index in [0.717, 1.165) is 9.58 Å². The maximum absolute atomic E-state index is 12.9. The molecule has 0 radical (unpaired) electrons. The Labute approximate surface area is 137 Å². The maximum atomic E-state index is 12.9. The van der Waals surface area contributed by atoms with Crippen molar-refractivity contribution < 1.29 is 23.1 Å². The van der Waals surface area contributed by atoms with Gasteiger partial charge in [-0.05, 0) is 5.56 Å². The van der Waals surface area contributed by atoms with Gasteiger partial charge in [0.1, 0.15) is 0 Å². The molecule has 2 rings (SSSR count). The van der Waals surface area contributed by atoms with E-state index in [-0.39, 0.29) is 18.5 Å². The summed E-state index contributed by atoms with van der Waals surface area (Å²) >= 11 is 0. The summed E-state index contributed by atoms with van der Waals surface area (Å²) < 4.78 is 39.8. The minimum Gasteiger partial charge on any atom is -0.388 e. The highest BCUT2D eigenvalue weighted by Crippen LogP contribution is 2.31. The second-order valence-corrected chi connectivity index (χ2v) is 5.55. The fourth-order valence-electron chi connectivity index (χ4n) is 2.35. The molecular formula is C16H18F3N3O2. The van der Waals surface area contributed by atoms with Crippen LogP contribution in [0.4, 0.5) is 13.2 Å². The van der Waals surface area contributed by atoms with Crippen LogP contribution < -0.4 is 0 Å². The van der Waals surface area contributed by atoms with Crippen molar-refractivity contribution >= 4 is 5.91 Å². The molecule has 1 heterocycles. The summed E-state index contributed by atoms with van der Waals surface area (Å²) in [6.45, 7) is -0.233. The summed E-state index contributed by atoms with van der Waals surface area (Å²) in [5, 5.41) is 13.5. The van der Waals surface area contributed by atoms with Gasteiger partial charge in [-0.15, -0.1) is 0 Å². The maximum Gasteiger partial charge on any atom is 0.435 e. The van der Waals surface area contributed by atoms with Crippen molar-refractivity contribution in [3.8, 4) is 0 Å². The van der Waals surface area contributed by atoms with Gasteiger partial charge < -0.3 is 10.0 Å². The predicted octanol–water partition coefficient (Wildman–Crippen LogP) is 2.52. The number of carbonyl (C=O) groups excluding carboxylic acids is 1. The summed E-state index contributed by atoms with van der Waals surface area (Å²) in [5.41, 5.74) is -0.514.